The molecule has 9 heteroatoms. The van der Waals surface area contributed by atoms with E-state index in [9.17, 15) is 8.78 Å². The smallest absolute Gasteiger partial charge is 0.179 e. The number of nitrogens with one attached hydrogen (secondary N) is 1. The maximum absolute atomic E-state index is 13.3. The Labute approximate surface area is 152 Å². The van der Waals surface area contributed by atoms with Crippen molar-refractivity contribution in [2.75, 3.05) is 11.9 Å². The summed E-state index contributed by atoms with van der Waals surface area (Å²) in [6.45, 7) is 0.319. The van der Waals surface area contributed by atoms with E-state index in [0.717, 1.165) is 22.3 Å². The Balaban J connectivity index is 1.74. The summed E-state index contributed by atoms with van der Waals surface area (Å²) < 4.78 is 28.3. The minimum Gasteiger partial charge on any atom is -0.373 e. The highest BCUT2D eigenvalue weighted by molar-refractivity contribution is 7.14. The summed E-state index contributed by atoms with van der Waals surface area (Å²) in [5.41, 5.74) is 7.97. The first-order chi connectivity index (χ1) is 12.0. The molecule has 3 aromatic rings. The highest BCUT2D eigenvalue weighted by Gasteiger charge is 2.15. The van der Waals surface area contributed by atoms with E-state index in [1.54, 1.807) is 11.7 Å². The van der Waals surface area contributed by atoms with Crippen LogP contribution in [-0.4, -0.2) is 27.6 Å². The van der Waals surface area contributed by atoms with Crippen molar-refractivity contribution in [3.05, 3.63) is 52.0 Å². The lowest BCUT2D eigenvalue weighted by Crippen LogP contribution is -2.30. The summed E-state index contributed by atoms with van der Waals surface area (Å²) in [5, 5.41) is 14.1. The second-order valence-electron chi connectivity index (χ2n) is 5.61. The molecule has 25 heavy (non-hydrogen) atoms. The van der Waals surface area contributed by atoms with Crippen molar-refractivity contribution in [2.45, 2.75) is 12.5 Å². The molecule has 0 bridgehead atoms. The number of halogens is 3. The third-order valence-corrected chi connectivity index (χ3v) is 4.81. The van der Waals surface area contributed by atoms with Gasteiger partial charge in [0.05, 0.1) is 5.00 Å². The number of thiophene rings is 1. The molecule has 3 N–H and O–H groups in total. The molecule has 2 aromatic heterocycles. The number of aromatic nitrogens is 3. The molecule has 1 aromatic carbocycles. The van der Waals surface area contributed by atoms with Crippen molar-refractivity contribution in [3.63, 3.8) is 0 Å². The molecule has 2 heterocycles. The molecular weight excluding hydrogens is 368 g/mol. The standard InChI is InChI=1S/C16H16ClF2N5S/c1-24-15(16(17)22-23-24)10-5-14(25-8-10)21-13(7-20)4-9-2-11(18)6-12(19)3-9/h2-3,5-6,8,13,21H,4,7,20H2,1H3/t13-/m0/s1. The van der Waals surface area contributed by atoms with Gasteiger partial charge in [0.15, 0.2) is 5.15 Å². The number of nitrogens with two attached hydrogens (primary N) is 1. The molecule has 0 radical (unpaired) electrons. The minimum atomic E-state index is -0.595. The predicted octanol–water partition coefficient (Wildman–Crippen LogP) is 3.46. The molecule has 1 atom stereocenters. The van der Waals surface area contributed by atoms with Crippen LogP contribution in [0.4, 0.5) is 13.8 Å². The summed E-state index contributed by atoms with van der Waals surface area (Å²) in [6, 6.07) is 5.24. The average Bonchev–Trinajstić information content (AvgIpc) is 3.12. The topological polar surface area (TPSA) is 68.8 Å². The lowest BCUT2D eigenvalue weighted by Gasteiger charge is -2.17. The van der Waals surface area contributed by atoms with Crippen molar-refractivity contribution in [3.8, 4) is 11.3 Å². The fourth-order valence-corrected chi connectivity index (χ4v) is 3.71. The summed E-state index contributed by atoms with van der Waals surface area (Å²) in [5.74, 6) is -1.19. The monoisotopic (exact) mass is 383 g/mol. The minimum absolute atomic E-state index is 0.159. The Morgan fingerprint density at radius 1 is 1.28 bits per heavy atom. The van der Waals surface area contributed by atoms with Crippen LogP contribution in [0, 0.1) is 11.6 Å². The number of rotatable bonds is 6. The summed E-state index contributed by atoms with van der Waals surface area (Å²) in [6.07, 6.45) is 0.409. The van der Waals surface area contributed by atoms with E-state index in [-0.39, 0.29) is 6.04 Å². The first kappa shape index (κ1) is 17.8. The van der Waals surface area contributed by atoms with Crippen LogP contribution in [0.2, 0.25) is 5.15 Å². The Kier molecular flexibility index (Phi) is 5.31. The predicted molar refractivity (Wildman–Crippen MR) is 95.9 cm³/mol. The fraction of sp³-hybridized carbons (Fsp3) is 0.250. The van der Waals surface area contributed by atoms with Crippen LogP contribution in [0.5, 0.6) is 0 Å². The van der Waals surface area contributed by atoms with E-state index < -0.39 is 11.6 Å². The zero-order chi connectivity index (χ0) is 18.0. The van der Waals surface area contributed by atoms with Gasteiger partial charge in [-0.15, -0.1) is 16.4 Å². The van der Waals surface area contributed by atoms with Crippen molar-refractivity contribution in [1.29, 1.82) is 0 Å². The molecule has 0 aliphatic heterocycles. The van der Waals surface area contributed by atoms with Gasteiger partial charge in [-0.1, -0.05) is 16.8 Å². The molecule has 5 nitrogen and oxygen atoms in total. The van der Waals surface area contributed by atoms with Crippen molar-refractivity contribution in [1.82, 2.24) is 15.0 Å². The third-order valence-electron chi connectivity index (χ3n) is 3.69. The van der Waals surface area contributed by atoms with Crippen molar-refractivity contribution < 1.29 is 8.78 Å². The van der Waals surface area contributed by atoms with Gasteiger partial charge in [0.2, 0.25) is 0 Å². The van der Waals surface area contributed by atoms with E-state index in [2.05, 4.69) is 15.6 Å². The maximum atomic E-state index is 13.3. The number of hydrogen-bond acceptors (Lipinski definition) is 5. The first-order valence-electron chi connectivity index (χ1n) is 7.52. The molecule has 0 aliphatic rings. The zero-order valence-electron chi connectivity index (χ0n) is 13.3. The molecule has 0 spiro atoms. The van der Waals surface area contributed by atoms with E-state index in [1.807, 2.05) is 11.4 Å². The Hall–Kier alpha value is -2.03. The van der Waals surface area contributed by atoms with Crippen LogP contribution >= 0.6 is 22.9 Å². The van der Waals surface area contributed by atoms with Gasteiger partial charge in [0, 0.05) is 36.6 Å². The summed E-state index contributed by atoms with van der Waals surface area (Å²) >= 11 is 7.54. The molecule has 0 aliphatic carbocycles. The molecule has 3 rings (SSSR count). The van der Waals surface area contributed by atoms with Crippen LogP contribution in [-0.2, 0) is 13.5 Å². The first-order valence-corrected chi connectivity index (χ1v) is 8.77. The summed E-state index contributed by atoms with van der Waals surface area (Å²) in [7, 11) is 1.76. The van der Waals surface area contributed by atoms with E-state index in [1.165, 1.54) is 23.5 Å². The van der Waals surface area contributed by atoms with Gasteiger partial charge in [-0.05, 0) is 30.2 Å². The maximum Gasteiger partial charge on any atom is 0.179 e. The van der Waals surface area contributed by atoms with Crippen LogP contribution < -0.4 is 11.1 Å². The van der Waals surface area contributed by atoms with Crippen LogP contribution in [0.1, 0.15) is 5.56 Å². The second-order valence-corrected chi connectivity index (χ2v) is 6.88. The SMILES string of the molecule is Cn1nnc(Cl)c1-c1csc(N[C@H](CN)Cc2cc(F)cc(F)c2)c1. The Morgan fingerprint density at radius 2 is 2.00 bits per heavy atom. The Bertz CT molecular complexity index is 840. The van der Waals surface area contributed by atoms with Gasteiger partial charge in [0.1, 0.15) is 17.3 Å². The van der Waals surface area contributed by atoms with Crippen LogP contribution in [0.15, 0.2) is 29.6 Å². The highest BCUT2D eigenvalue weighted by atomic mass is 35.5. The highest BCUT2D eigenvalue weighted by Crippen LogP contribution is 2.32. The number of aryl methyl sites for hydroxylation is 1. The van der Waals surface area contributed by atoms with E-state index in [0.29, 0.717) is 23.7 Å². The molecule has 0 saturated heterocycles. The fourth-order valence-electron chi connectivity index (χ4n) is 2.58. The largest absolute Gasteiger partial charge is 0.373 e. The third kappa shape index (κ3) is 4.15. The molecule has 0 saturated carbocycles. The summed E-state index contributed by atoms with van der Waals surface area (Å²) in [4.78, 5) is 0. The van der Waals surface area contributed by atoms with Gasteiger partial charge in [0.25, 0.3) is 0 Å². The molecule has 0 amide bonds. The Morgan fingerprint density at radius 3 is 2.60 bits per heavy atom. The number of hydrogen-bond donors (Lipinski definition) is 2. The van der Waals surface area contributed by atoms with Crippen LogP contribution in [0.25, 0.3) is 11.3 Å². The zero-order valence-corrected chi connectivity index (χ0v) is 14.9. The van der Waals surface area contributed by atoms with E-state index >= 15 is 0 Å². The van der Waals surface area contributed by atoms with Crippen molar-refractivity contribution in [2.24, 2.45) is 12.8 Å². The number of benzene rings is 1. The average molecular weight is 384 g/mol. The van der Waals surface area contributed by atoms with Gasteiger partial charge < -0.3 is 11.1 Å². The molecule has 0 fully saturated rings. The second kappa shape index (κ2) is 7.47. The molecule has 132 valence electrons. The van der Waals surface area contributed by atoms with Gasteiger partial charge >= 0.3 is 0 Å². The normalized spacial score (nSPS) is 12.4. The number of nitrogens with zero attached hydrogens (tertiary/aromatic N) is 3. The van der Waals surface area contributed by atoms with Gasteiger partial charge in [-0.25, -0.2) is 13.5 Å². The van der Waals surface area contributed by atoms with Gasteiger partial charge in [-0.3, -0.25) is 0 Å². The van der Waals surface area contributed by atoms with Crippen molar-refractivity contribution >= 4 is 27.9 Å². The van der Waals surface area contributed by atoms with Gasteiger partial charge in [-0.2, -0.15) is 0 Å². The molecule has 0 unspecified atom stereocenters. The van der Waals surface area contributed by atoms with E-state index in [4.69, 9.17) is 17.3 Å². The molecular formula is C16H16ClF2N5S. The quantitative estimate of drug-likeness (QED) is 0.684. The lowest BCUT2D eigenvalue weighted by atomic mass is 10.1. The van der Waals surface area contributed by atoms with Crippen LogP contribution in [0.3, 0.4) is 0 Å². The number of anilines is 1. The lowest BCUT2D eigenvalue weighted by molar-refractivity contribution is 0.577.